The molecular weight excluding hydrogens is 350 g/mol. The Balaban J connectivity index is 1.53. The molecule has 0 spiro atoms. The Hall–Kier alpha value is -2.73. The molecule has 1 aromatic carbocycles. The predicted molar refractivity (Wildman–Crippen MR) is 98.1 cm³/mol. The Bertz CT molecular complexity index is 885. The molecule has 0 radical (unpaired) electrons. The molecule has 0 N–H and O–H groups in total. The van der Waals surface area contributed by atoms with Gasteiger partial charge in [0, 0.05) is 0 Å². The van der Waals surface area contributed by atoms with Gasteiger partial charge in [0.25, 0.3) is 0 Å². The minimum atomic E-state index is -0.424. The number of ether oxygens (including phenoxy) is 1. The largest absolute Gasteiger partial charge is 0.422 e. The van der Waals surface area contributed by atoms with Gasteiger partial charge in [-0.25, -0.2) is 4.79 Å². The van der Waals surface area contributed by atoms with E-state index in [9.17, 15) is 14.4 Å². The van der Waals surface area contributed by atoms with Crippen molar-refractivity contribution in [3.8, 4) is 5.75 Å². The van der Waals surface area contributed by atoms with Crippen molar-refractivity contribution in [1.29, 1.82) is 0 Å². The lowest BCUT2D eigenvalue weighted by molar-refractivity contribution is -0.122. The van der Waals surface area contributed by atoms with Crippen molar-refractivity contribution in [3.63, 3.8) is 0 Å². The highest BCUT2D eigenvalue weighted by molar-refractivity contribution is 7.12. The van der Waals surface area contributed by atoms with Gasteiger partial charge in [-0.1, -0.05) is 25.1 Å². The molecule has 2 aromatic rings. The number of fused-ring (bicyclic) bond motifs is 1. The van der Waals surface area contributed by atoms with Crippen LogP contribution in [0, 0.1) is 17.8 Å². The van der Waals surface area contributed by atoms with Gasteiger partial charge in [-0.3, -0.25) is 14.5 Å². The van der Waals surface area contributed by atoms with Crippen LogP contribution in [0.4, 0.5) is 5.69 Å². The highest BCUT2D eigenvalue weighted by atomic mass is 32.1. The lowest BCUT2D eigenvalue weighted by atomic mass is 9.78. The molecule has 1 fully saturated rings. The van der Waals surface area contributed by atoms with Crippen LogP contribution in [0.25, 0.3) is 0 Å². The molecule has 26 heavy (non-hydrogen) atoms. The van der Waals surface area contributed by atoms with Crippen molar-refractivity contribution >= 4 is 34.8 Å². The second-order valence-corrected chi connectivity index (χ2v) is 7.48. The van der Waals surface area contributed by atoms with Crippen LogP contribution >= 0.6 is 11.3 Å². The van der Waals surface area contributed by atoms with Crippen LogP contribution in [0.5, 0.6) is 5.75 Å². The van der Waals surface area contributed by atoms with Gasteiger partial charge in [0.2, 0.25) is 11.8 Å². The third kappa shape index (κ3) is 2.76. The number of imide groups is 1. The first-order valence-electron chi connectivity index (χ1n) is 8.46. The number of allylic oxidation sites excluding steroid dienone is 2. The average Bonchev–Trinajstić information content (AvgIpc) is 3.25. The Morgan fingerprint density at radius 2 is 1.92 bits per heavy atom. The fraction of sp³-hybridized carbons (Fsp3) is 0.250. The quantitative estimate of drug-likeness (QED) is 0.359. The van der Waals surface area contributed by atoms with Gasteiger partial charge in [0.1, 0.15) is 10.6 Å². The van der Waals surface area contributed by atoms with Crippen LogP contribution in [-0.4, -0.2) is 17.8 Å². The second kappa shape index (κ2) is 6.53. The highest BCUT2D eigenvalue weighted by Gasteiger charge is 2.50. The molecule has 6 heteroatoms. The molecule has 2 amide bonds. The molecular formula is C20H17NO4S. The number of carbonyl (C=O) groups is 3. The number of nitrogens with zero attached hydrogens (tertiary/aromatic N) is 1. The van der Waals surface area contributed by atoms with Gasteiger partial charge >= 0.3 is 5.97 Å². The molecule has 0 unspecified atom stereocenters. The first kappa shape index (κ1) is 16.7. The highest BCUT2D eigenvalue weighted by Crippen LogP contribution is 2.40. The summed E-state index contributed by atoms with van der Waals surface area (Å²) in [5.41, 5.74) is 0.512. The number of thiophene rings is 1. The van der Waals surface area contributed by atoms with E-state index in [0.717, 1.165) is 0 Å². The van der Waals surface area contributed by atoms with Gasteiger partial charge in [0.15, 0.2) is 0 Å². The van der Waals surface area contributed by atoms with Crippen LogP contribution in [0.15, 0.2) is 53.9 Å². The number of hydrogen-bond donors (Lipinski definition) is 0. The normalized spacial score (nSPS) is 24.7. The van der Waals surface area contributed by atoms with E-state index < -0.39 is 5.97 Å². The van der Waals surface area contributed by atoms with Crippen LogP contribution in [-0.2, 0) is 9.59 Å². The number of esters is 1. The summed E-state index contributed by atoms with van der Waals surface area (Å²) >= 11 is 1.31. The van der Waals surface area contributed by atoms with E-state index in [-0.39, 0.29) is 29.6 Å². The standard InChI is InChI=1S/C20H17NO4S/c1-12-4-2-5-15-17(12)19(23)21(18(15)22)13-7-9-14(10-8-13)25-20(24)16-6-3-11-26-16/h2-4,6-12,15,17H,5H2,1H3/t12-,15+,17+/m1/s1. The second-order valence-electron chi connectivity index (χ2n) is 6.53. The van der Waals surface area contributed by atoms with E-state index in [2.05, 4.69) is 0 Å². The van der Waals surface area contributed by atoms with Crippen LogP contribution in [0.1, 0.15) is 23.0 Å². The lowest BCUT2D eigenvalue weighted by Gasteiger charge is -2.22. The Morgan fingerprint density at radius 1 is 1.15 bits per heavy atom. The maximum Gasteiger partial charge on any atom is 0.353 e. The molecule has 1 aromatic heterocycles. The molecule has 4 rings (SSSR count). The van der Waals surface area contributed by atoms with Crippen molar-refractivity contribution in [3.05, 3.63) is 58.8 Å². The molecule has 5 nitrogen and oxygen atoms in total. The first-order valence-corrected chi connectivity index (χ1v) is 9.34. The summed E-state index contributed by atoms with van der Waals surface area (Å²) in [5, 5.41) is 1.81. The SMILES string of the molecule is C[C@@H]1C=CC[C@@H]2C(=O)N(c3ccc(OC(=O)c4cccs4)cc3)C(=O)[C@@H]12. The van der Waals surface area contributed by atoms with Gasteiger partial charge in [0.05, 0.1) is 17.5 Å². The maximum absolute atomic E-state index is 12.8. The van der Waals surface area contributed by atoms with Gasteiger partial charge in [-0.05, 0) is 48.1 Å². The molecule has 0 bridgehead atoms. The fourth-order valence-electron chi connectivity index (χ4n) is 3.62. The van der Waals surface area contributed by atoms with Gasteiger partial charge in [-0.15, -0.1) is 11.3 Å². The van der Waals surface area contributed by atoms with Crippen LogP contribution in [0.2, 0.25) is 0 Å². The molecule has 1 aliphatic carbocycles. The summed E-state index contributed by atoms with van der Waals surface area (Å²) in [5.74, 6) is -0.866. The topological polar surface area (TPSA) is 63.7 Å². The summed E-state index contributed by atoms with van der Waals surface area (Å²) < 4.78 is 5.31. The van der Waals surface area contributed by atoms with E-state index in [0.29, 0.717) is 22.7 Å². The number of rotatable bonds is 3. The van der Waals surface area contributed by atoms with Gasteiger partial charge < -0.3 is 4.74 Å². The monoisotopic (exact) mass is 367 g/mol. The number of benzene rings is 1. The summed E-state index contributed by atoms with van der Waals surface area (Å²) in [6, 6.07) is 9.96. The van der Waals surface area contributed by atoms with Crippen LogP contribution < -0.4 is 9.64 Å². The summed E-state index contributed by atoms with van der Waals surface area (Å²) in [6.45, 7) is 1.97. The molecule has 2 heterocycles. The zero-order valence-electron chi connectivity index (χ0n) is 14.1. The molecule has 1 aliphatic heterocycles. The molecule has 2 aliphatic rings. The number of hydrogen-bond acceptors (Lipinski definition) is 5. The zero-order valence-corrected chi connectivity index (χ0v) is 14.9. The van der Waals surface area contributed by atoms with E-state index in [1.165, 1.54) is 16.2 Å². The summed E-state index contributed by atoms with van der Waals surface area (Å²) in [7, 11) is 0. The fourth-order valence-corrected chi connectivity index (χ4v) is 4.22. The smallest absolute Gasteiger partial charge is 0.353 e. The van der Waals surface area contributed by atoms with Crippen molar-refractivity contribution in [2.45, 2.75) is 13.3 Å². The molecule has 1 saturated heterocycles. The third-order valence-electron chi connectivity index (χ3n) is 4.90. The summed E-state index contributed by atoms with van der Waals surface area (Å²) in [4.78, 5) is 39.2. The van der Waals surface area contributed by atoms with E-state index in [4.69, 9.17) is 4.74 Å². The molecule has 0 saturated carbocycles. The Labute approximate surface area is 154 Å². The minimum absolute atomic E-state index is 0.0567. The summed E-state index contributed by atoms with van der Waals surface area (Å²) in [6.07, 6.45) is 4.59. The lowest BCUT2D eigenvalue weighted by Crippen LogP contribution is -2.31. The van der Waals surface area contributed by atoms with E-state index >= 15 is 0 Å². The van der Waals surface area contributed by atoms with Crippen molar-refractivity contribution < 1.29 is 19.1 Å². The zero-order chi connectivity index (χ0) is 18.3. The van der Waals surface area contributed by atoms with Crippen molar-refractivity contribution in [2.75, 3.05) is 4.90 Å². The first-order chi connectivity index (χ1) is 12.6. The van der Waals surface area contributed by atoms with Crippen LogP contribution in [0.3, 0.4) is 0 Å². The van der Waals surface area contributed by atoms with Gasteiger partial charge in [-0.2, -0.15) is 0 Å². The number of carbonyl (C=O) groups excluding carboxylic acids is 3. The van der Waals surface area contributed by atoms with Crippen molar-refractivity contribution in [2.24, 2.45) is 17.8 Å². The Kier molecular flexibility index (Phi) is 4.20. The Morgan fingerprint density at radius 3 is 2.58 bits per heavy atom. The van der Waals surface area contributed by atoms with Crippen molar-refractivity contribution in [1.82, 2.24) is 0 Å². The van der Waals surface area contributed by atoms with E-state index in [1.54, 1.807) is 41.8 Å². The molecule has 3 atom stereocenters. The predicted octanol–water partition coefficient (Wildman–Crippen LogP) is 3.67. The minimum Gasteiger partial charge on any atom is -0.422 e. The number of amides is 2. The van der Waals surface area contributed by atoms with E-state index in [1.807, 2.05) is 19.1 Å². The molecule has 132 valence electrons. The average molecular weight is 367 g/mol. The number of anilines is 1. The maximum atomic E-state index is 12.8. The third-order valence-corrected chi connectivity index (χ3v) is 5.75.